The third-order valence-corrected chi connectivity index (χ3v) is 8.45. The monoisotopic (exact) mass is 532 g/mol. The summed E-state index contributed by atoms with van der Waals surface area (Å²) >= 11 is 18.9. The molecule has 1 saturated carbocycles. The van der Waals surface area contributed by atoms with E-state index in [4.69, 9.17) is 39.9 Å². The molecule has 2 fully saturated rings. The summed E-state index contributed by atoms with van der Waals surface area (Å²) in [6.45, 7) is 5.43. The fourth-order valence-corrected chi connectivity index (χ4v) is 6.35. The van der Waals surface area contributed by atoms with Crippen molar-refractivity contribution in [3.63, 3.8) is 0 Å². The molecule has 0 aromatic heterocycles. The molecule has 186 valence electrons. The van der Waals surface area contributed by atoms with E-state index in [0.29, 0.717) is 26.8 Å². The highest BCUT2D eigenvalue weighted by atomic mass is 35.5. The molecule has 2 aromatic carbocycles. The maximum absolute atomic E-state index is 13.7. The van der Waals surface area contributed by atoms with Gasteiger partial charge in [-0.05, 0) is 48.7 Å². The van der Waals surface area contributed by atoms with Crippen LogP contribution in [0.3, 0.4) is 0 Å². The fraction of sp³-hybridized carbons (Fsp3) is 0.481. The summed E-state index contributed by atoms with van der Waals surface area (Å²) in [5, 5.41) is 8.48. The second-order valence-corrected chi connectivity index (χ2v) is 11.1. The van der Waals surface area contributed by atoms with Crippen molar-refractivity contribution in [2.75, 3.05) is 31.2 Å². The van der Waals surface area contributed by atoms with Crippen LogP contribution >= 0.6 is 34.8 Å². The lowest BCUT2D eigenvalue weighted by Crippen LogP contribution is -2.54. The molecule has 1 amide bonds. The highest BCUT2D eigenvalue weighted by molar-refractivity contribution is 6.41. The first-order valence-corrected chi connectivity index (χ1v) is 13.7. The van der Waals surface area contributed by atoms with E-state index in [2.05, 4.69) is 11.8 Å². The number of piperazine rings is 1. The number of hydrogen-bond acceptors (Lipinski definition) is 4. The van der Waals surface area contributed by atoms with Gasteiger partial charge in [-0.15, -0.1) is 0 Å². The van der Waals surface area contributed by atoms with Gasteiger partial charge in [0.1, 0.15) is 5.71 Å². The number of benzene rings is 2. The summed E-state index contributed by atoms with van der Waals surface area (Å²) in [6, 6.07) is 13.6. The molecule has 8 heteroatoms. The van der Waals surface area contributed by atoms with E-state index in [1.807, 2.05) is 40.2 Å². The first kappa shape index (κ1) is 24.9. The minimum atomic E-state index is -0.173. The topological polar surface area (TPSA) is 39.2 Å². The molecule has 2 aromatic rings. The van der Waals surface area contributed by atoms with Gasteiger partial charge >= 0.3 is 0 Å². The zero-order valence-electron chi connectivity index (χ0n) is 20.0. The van der Waals surface area contributed by atoms with Gasteiger partial charge in [-0.2, -0.15) is 5.10 Å². The van der Waals surface area contributed by atoms with E-state index < -0.39 is 0 Å². The molecule has 0 unspecified atom stereocenters. The van der Waals surface area contributed by atoms with Crippen molar-refractivity contribution in [2.24, 2.45) is 11.0 Å². The maximum atomic E-state index is 13.7. The van der Waals surface area contributed by atoms with E-state index in [-0.39, 0.29) is 17.9 Å². The molecule has 2 heterocycles. The van der Waals surface area contributed by atoms with Crippen molar-refractivity contribution in [3.05, 3.63) is 63.1 Å². The van der Waals surface area contributed by atoms with E-state index >= 15 is 0 Å². The number of hydrogen-bond donors (Lipinski definition) is 0. The summed E-state index contributed by atoms with van der Waals surface area (Å²) in [5.74, 6) is -0.0980. The van der Waals surface area contributed by atoms with Crippen LogP contribution in [0.2, 0.25) is 15.1 Å². The molecule has 35 heavy (non-hydrogen) atoms. The number of rotatable bonds is 4. The molecule has 5 rings (SSSR count). The van der Waals surface area contributed by atoms with Crippen molar-refractivity contribution in [2.45, 2.75) is 51.1 Å². The summed E-state index contributed by atoms with van der Waals surface area (Å²) in [6.07, 6.45) is 6.59. The first-order chi connectivity index (χ1) is 16.9. The zero-order chi connectivity index (χ0) is 24.5. The Morgan fingerprint density at radius 3 is 2.20 bits per heavy atom. The molecule has 1 aliphatic carbocycles. The van der Waals surface area contributed by atoms with Crippen molar-refractivity contribution >= 4 is 52.1 Å². The van der Waals surface area contributed by atoms with Gasteiger partial charge in [0.05, 0.1) is 16.8 Å². The van der Waals surface area contributed by atoms with Gasteiger partial charge < -0.3 is 4.90 Å². The summed E-state index contributed by atoms with van der Waals surface area (Å²) in [5.41, 5.74) is 2.33. The number of halogens is 3. The molecule has 2 aliphatic heterocycles. The Kier molecular flexibility index (Phi) is 7.59. The maximum Gasteiger partial charge on any atom is 0.270 e. The van der Waals surface area contributed by atoms with Crippen LogP contribution in [-0.2, 0) is 4.79 Å². The second-order valence-electron chi connectivity index (χ2n) is 9.83. The smallest absolute Gasteiger partial charge is 0.270 e. The van der Waals surface area contributed by atoms with E-state index in [1.165, 1.54) is 32.1 Å². The molecule has 0 N–H and O–H groups in total. The number of carbonyl (C=O) groups is 1. The minimum Gasteiger partial charge on any atom is -0.335 e. The van der Waals surface area contributed by atoms with Gasteiger partial charge in [0.15, 0.2) is 0 Å². The number of anilines is 1. The van der Waals surface area contributed by atoms with Crippen molar-refractivity contribution < 1.29 is 4.79 Å². The van der Waals surface area contributed by atoms with E-state index in [0.717, 1.165) is 37.4 Å². The van der Waals surface area contributed by atoms with Gasteiger partial charge in [-0.25, -0.2) is 0 Å². The lowest BCUT2D eigenvalue weighted by atomic mass is 9.90. The predicted molar refractivity (Wildman–Crippen MR) is 145 cm³/mol. The molecular weight excluding hydrogens is 503 g/mol. The normalized spacial score (nSPS) is 24.1. The molecule has 5 nitrogen and oxygen atoms in total. The summed E-state index contributed by atoms with van der Waals surface area (Å²) in [4.78, 5) is 18.3. The first-order valence-electron chi connectivity index (χ1n) is 12.5. The fourth-order valence-electron chi connectivity index (χ4n) is 5.73. The summed E-state index contributed by atoms with van der Waals surface area (Å²) in [7, 11) is 0. The van der Waals surface area contributed by atoms with Gasteiger partial charge in [0, 0.05) is 48.2 Å². The van der Waals surface area contributed by atoms with Crippen LogP contribution in [0.1, 0.15) is 50.6 Å². The van der Waals surface area contributed by atoms with E-state index in [1.54, 1.807) is 12.1 Å². The van der Waals surface area contributed by atoms with Crippen LogP contribution < -0.4 is 5.01 Å². The highest BCUT2D eigenvalue weighted by Crippen LogP contribution is 2.43. The van der Waals surface area contributed by atoms with Crippen LogP contribution in [0.25, 0.3) is 0 Å². The quantitative estimate of drug-likeness (QED) is 0.440. The van der Waals surface area contributed by atoms with Crippen LogP contribution in [0.5, 0.6) is 0 Å². The van der Waals surface area contributed by atoms with Crippen LogP contribution in [0, 0.1) is 5.92 Å². The molecule has 0 spiro atoms. The highest BCUT2D eigenvalue weighted by Gasteiger charge is 2.42. The average molecular weight is 534 g/mol. The Bertz CT molecular complexity index is 1090. The molecule has 1 saturated heterocycles. The predicted octanol–water partition coefficient (Wildman–Crippen LogP) is 6.68. The summed E-state index contributed by atoms with van der Waals surface area (Å²) < 4.78 is 0. The standard InChI is InChI=1S/C27H31Cl3N4O/c1-18-25(27(35)33-15-13-32(14-16-33)22-5-3-2-4-6-22)31-34(24-12-11-21(29)17-23(24)30)26(18)19-7-9-20(28)10-8-19/h7-12,17-18,22,26H,2-6,13-16H2,1H3/t18-,26-/m1/s1. The lowest BCUT2D eigenvalue weighted by molar-refractivity contribution is -0.126. The van der Waals surface area contributed by atoms with Gasteiger partial charge in [-0.3, -0.25) is 14.7 Å². The van der Waals surface area contributed by atoms with E-state index in [9.17, 15) is 4.79 Å². The Labute approximate surface area is 222 Å². The Morgan fingerprint density at radius 1 is 0.886 bits per heavy atom. The van der Waals surface area contributed by atoms with Crippen molar-refractivity contribution in [1.29, 1.82) is 0 Å². The zero-order valence-corrected chi connectivity index (χ0v) is 22.2. The molecular formula is C27H31Cl3N4O. The lowest BCUT2D eigenvalue weighted by Gasteiger charge is -2.40. The Balaban J connectivity index is 1.38. The second kappa shape index (κ2) is 10.7. The molecule has 0 bridgehead atoms. The number of carbonyl (C=O) groups excluding carboxylic acids is 1. The van der Waals surface area contributed by atoms with Crippen molar-refractivity contribution in [3.8, 4) is 0 Å². The minimum absolute atomic E-state index is 0.0207. The van der Waals surface area contributed by atoms with Gasteiger partial charge in [0.2, 0.25) is 0 Å². The Morgan fingerprint density at radius 2 is 1.54 bits per heavy atom. The van der Waals surface area contributed by atoms with Crippen LogP contribution in [0.4, 0.5) is 5.69 Å². The van der Waals surface area contributed by atoms with Crippen molar-refractivity contribution in [1.82, 2.24) is 9.80 Å². The molecule has 3 aliphatic rings. The molecule has 2 atom stereocenters. The molecule has 0 radical (unpaired) electrons. The average Bonchev–Trinajstić information content (AvgIpc) is 3.21. The third kappa shape index (κ3) is 5.20. The largest absolute Gasteiger partial charge is 0.335 e. The number of amides is 1. The van der Waals surface area contributed by atoms with Gasteiger partial charge in [0.25, 0.3) is 5.91 Å². The number of nitrogens with zero attached hydrogens (tertiary/aromatic N) is 4. The number of hydrazone groups is 1. The SMILES string of the molecule is C[C@@H]1C(C(=O)N2CCN(C3CCCCC3)CC2)=NN(c2ccc(Cl)cc2Cl)[C@H]1c1ccc(Cl)cc1. The van der Waals surface area contributed by atoms with Crippen LogP contribution in [0.15, 0.2) is 47.6 Å². The van der Waals surface area contributed by atoms with Gasteiger partial charge in [-0.1, -0.05) is 73.1 Å². The Hall–Kier alpha value is -1.79. The van der Waals surface area contributed by atoms with Crippen LogP contribution in [-0.4, -0.2) is 53.6 Å². The third-order valence-electron chi connectivity index (χ3n) is 7.66.